The SMILES string of the molecule is CCOc1ccccc1C(=O)C(CC)(CC)N(CC)CC. The summed E-state index contributed by atoms with van der Waals surface area (Å²) < 4.78 is 5.65. The van der Waals surface area contributed by atoms with E-state index in [1.807, 2.05) is 31.2 Å². The number of Topliss-reactive ketones (excluding diaryl/α,β-unsaturated/α-hetero) is 1. The Labute approximate surface area is 129 Å². The molecule has 0 unspecified atom stereocenters. The molecule has 0 saturated heterocycles. The second kappa shape index (κ2) is 8.18. The second-order valence-electron chi connectivity index (χ2n) is 5.17. The lowest BCUT2D eigenvalue weighted by molar-refractivity contribution is 0.0531. The summed E-state index contributed by atoms with van der Waals surface area (Å²) >= 11 is 0. The van der Waals surface area contributed by atoms with Gasteiger partial charge in [-0.2, -0.15) is 0 Å². The van der Waals surface area contributed by atoms with Gasteiger partial charge in [-0.15, -0.1) is 0 Å². The van der Waals surface area contributed by atoms with Crippen LogP contribution in [0.25, 0.3) is 0 Å². The first-order valence-corrected chi connectivity index (χ1v) is 8.12. The number of carbonyl (C=O) groups excluding carboxylic acids is 1. The van der Waals surface area contributed by atoms with Crippen molar-refractivity contribution >= 4 is 5.78 Å². The molecule has 1 aromatic carbocycles. The highest BCUT2D eigenvalue weighted by Gasteiger charge is 2.40. The Balaban J connectivity index is 3.29. The standard InChI is InChI=1S/C18H29NO2/c1-6-18(7-2,19(8-3)9-4)17(20)15-13-11-12-14-16(15)21-10-5/h11-14H,6-10H2,1-5H3. The van der Waals surface area contributed by atoms with Gasteiger partial charge >= 0.3 is 0 Å². The molecule has 21 heavy (non-hydrogen) atoms. The molecular formula is C18H29NO2. The van der Waals surface area contributed by atoms with Gasteiger partial charge in [-0.3, -0.25) is 9.69 Å². The Morgan fingerprint density at radius 2 is 1.62 bits per heavy atom. The van der Waals surface area contributed by atoms with Gasteiger partial charge in [0.1, 0.15) is 5.75 Å². The molecule has 1 aromatic rings. The van der Waals surface area contributed by atoms with Crippen LogP contribution in [0.5, 0.6) is 5.75 Å². The highest BCUT2D eigenvalue weighted by atomic mass is 16.5. The maximum atomic E-state index is 13.3. The largest absolute Gasteiger partial charge is 0.493 e. The summed E-state index contributed by atoms with van der Waals surface area (Å²) in [6, 6.07) is 7.60. The van der Waals surface area contributed by atoms with E-state index >= 15 is 0 Å². The van der Waals surface area contributed by atoms with Crippen molar-refractivity contribution in [1.29, 1.82) is 0 Å². The van der Waals surface area contributed by atoms with Crippen LogP contribution in [0.1, 0.15) is 57.8 Å². The summed E-state index contributed by atoms with van der Waals surface area (Å²) in [5.74, 6) is 0.878. The Kier molecular flexibility index (Phi) is 6.90. The van der Waals surface area contributed by atoms with Crippen LogP contribution in [0, 0.1) is 0 Å². The van der Waals surface area contributed by atoms with Gasteiger partial charge in [-0.25, -0.2) is 0 Å². The number of hydrogen-bond acceptors (Lipinski definition) is 3. The van der Waals surface area contributed by atoms with Crippen LogP contribution in [-0.4, -0.2) is 35.9 Å². The van der Waals surface area contributed by atoms with Crippen LogP contribution < -0.4 is 4.74 Å². The smallest absolute Gasteiger partial charge is 0.186 e. The summed E-state index contributed by atoms with van der Waals surface area (Å²) in [4.78, 5) is 15.5. The second-order valence-corrected chi connectivity index (χ2v) is 5.17. The molecule has 0 amide bonds. The Hall–Kier alpha value is -1.35. The summed E-state index contributed by atoms with van der Waals surface area (Å²) in [6.45, 7) is 12.7. The van der Waals surface area contributed by atoms with Crippen molar-refractivity contribution in [1.82, 2.24) is 4.90 Å². The topological polar surface area (TPSA) is 29.5 Å². The molecule has 0 saturated carbocycles. The first-order valence-electron chi connectivity index (χ1n) is 8.12. The third-order valence-corrected chi connectivity index (χ3v) is 4.39. The first-order chi connectivity index (χ1) is 10.1. The van der Waals surface area contributed by atoms with Crippen molar-refractivity contribution in [2.24, 2.45) is 0 Å². The zero-order chi connectivity index (χ0) is 15.9. The molecule has 0 heterocycles. The van der Waals surface area contributed by atoms with Gasteiger partial charge in [0, 0.05) is 0 Å². The van der Waals surface area contributed by atoms with Gasteiger partial charge < -0.3 is 4.74 Å². The molecule has 0 atom stereocenters. The van der Waals surface area contributed by atoms with Crippen molar-refractivity contribution in [3.05, 3.63) is 29.8 Å². The number of likely N-dealkylation sites (N-methyl/N-ethyl adjacent to an activating group) is 1. The molecule has 1 rings (SSSR count). The molecule has 0 fully saturated rings. The normalized spacial score (nSPS) is 11.7. The van der Waals surface area contributed by atoms with Gasteiger partial charge in [0.2, 0.25) is 0 Å². The predicted molar refractivity (Wildman–Crippen MR) is 88.2 cm³/mol. The van der Waals surface area contributed by atoms with E-state index in [1.54, 1.807) is 0 Å². The number of para-hydroxylation sites is 1. The van der Waals surface area contributed by atoms with E-state index in [4.69, 9.17) is 4.74 Å². The van der Waals surface area contributed by atoms with Crippen LogP contribution in [0.15, 0.2) is 24.3 Å². The molecule has 3 nitrogen and oxygen atoms in total. The number of benzene rings is 1. The third kappa shape index (κ3) is 3.46. The minimum absolute atomic E-state index is 0.181. The quantitative estimate of drug-likeness (QED) is 0.640. The molecular weight excluding hydrogens is 262 g/mol. The lowest BCUT2D eigenvalue weighted by atomic mass is 9.82. The molecule has 0 bridgehead atoms. The first kappa shape index (κ1) is 17.7. The fourth-order valence-corrected chi connectivity index (χ4v) is 3.18. The molecule has 0 aliphatic heterocycles. The highest BCUT2D eigenvalue weighted by Crippen LogP contribution is 2.32. The molecule has 0 aliphatic carbocycles. The van der Waals surface area contributed by atoms with Crippen LogP contribution in [0.2, 0.25) is 0 Å². The number of rotatable bonds is 9. The van der Waals surface area contributed by atoms with E-state index in [0.29, 0.717) is 17.9 Å². The Morgan fingerprint density at radius 1 is 1.05 bits per heavy atom. The third-order valence-electron chi connectivity index (χ3n) is 4.39. The molecule has 0 aromatic heterocycles. The van der Waals surface area contributed by atoms with E-state index < -0.39 is 5.54 Å². The maximum absolute atomic E-state index is 13.3. The summed E-state index contributed by atoms with van der Waals surface area (Å²) in [6.07, 6.45) is 1.62. The van der Waals surface area contributed by atoms with Crippen molar-refractivity contribution in [2.45, 2.75) is 53.0 Å². The van der Waals surface area contributed by atoms with E-state index in [0.717, 1.165) is 25.9 Å². The zero-order valence-corrected chi connectivity index (χ0v) is 14.1. The summed E-state index contributed by atoms with van der Waals surface area (Å²) in [5.41, 5.74) is 0.270. The van der Waals surface area contributed by atoms with Crippen molar-refractivity contribution in [3.63, 3.8) is 0 Å². The minimum atomic E-state index is -0.434. The molecule has 118 valence electrons. The van der Waals surface area contributed by atoms with Gasteiger partial charge in [-0.05, 0) is 45.0 Å². The van der Waals surface area contributed by atoms with Crippen LogP contribution >= 0.6 is 0 Å². The summed E-state index contributed by atoms with van der Waals surface area (Å²) in [5, 5.41) is 0. The van der Waals surface area contributed by atoms with Crippen LogP contribution in [0.3, 0.4) is 0 Å². The fraction of sp³-hybridized carbons (Fsp3) is 0.611. The number of ether oxygens (including phenoxy) is 1. The van der Waals surface area contributed by atoms with Crippen molar-refractivity contribution < 1.29 is 9.53 Å². The summed E-state index contributed by atoms with van der Waals surface area (Å²) in [7, 11) is 0. The van der Waals surface area contributed by atoms with Gasteiger partial charge in [0.05, 0.1) is 17.7 Å². The predicted octanol–water partition coefficient (Wildman–Crippen LogP) is 4.17. The highest BCUT2D eigenvalue weighted by molar-refractivity contribution is 6.05. The number of nitrogens with zero attached hydrogens (tertiary/aromatic N) is 1. The molecule has 0 N–H and O–H groups in total. The van der Waals surface area contributed by atoms with E-state index in [-0.39, 0.29) is 5.78 Å². The van der Waals surface area contributed by atoms with E-state index in [9.17, 15) is 4.79 Å². The van der Waals surface area contributed by atoms with Gasteiger partial charge in [0.25, 0.3) is 0 Å². The zero-order valence-electron chi connectivity index (χ0n) is 14.1. The molecule has 3 heteroatoms. The van der Waals surface area contributed by atoms with Gasteiger partial charge in [0.15, 0.2) is 5.78 Å². The van der Waals surface area contributed by atoms with Crippen LogP contribution in [-0.2, 0) is 0 Å². The van der Waals surface area contributed by atoms with Crippen LogP contribution in [0.4, 0.5) is 0 Å². The average molecular weight is 291 g/mol. The fourth-order valence-electron chi connectivity index (χ4n) is 3.18. The maximum Gasteiger partial charge on any atom is 0.186 e. The lowest BCUT2D eigenvalue weighted by Crippen LogP contribution is -2.53. The molecule has 0 radical (unpaired) electrons. The number of carbonyl (C=O) groups is 1. The molecule has 0 spiro atoms. The number of hydrogen-bond donors (Lipinski definition) is 0. The minimum Gasteiger partial charge on any atom is -0.493 e. The molecule has 0 aliphatic rings. The van der Waals surface area contributed by atoms with E-state index in [2.05, 4.69) is 32.6 Å². The van der Waals surface area contributed by atoms with Crippen molar-refractivity contribution in [3.8, 4) is 5.75 Å². The number of ketones is 1. The van der Waals surface area contributed by atoms with Gasteiger partial charge in [-0.1, -0.05) is 39.8 Å². The average Bonchev–Trinajstić information content (AvgIpc) is 2.53. The Morgan fingerprint density at radius 3 is 2.10 bits per heavy atom. The Bertz CT molecular complexity index is 448. The lowest BCUT2D eigenvalue weighted by Gasteiger charge is -2.41. The van der Waals surface area contributed by atoms with Crippen molar-refractivity contribution in [2.75, 3.05) is 19.7 Å². The van der Waals surface area contributed by atoms with E-state index in [1.165, 1.54) is 0 Å². The monoisotopic (exact) mass is 291 g/mol.